The van der Waals surface area contributed by atoms with Crippen LogP contribution in [0.5, 0.6) is 0 Å². The maximum atomic E-state index is 11.8. The van der Waals surface area contributed by atoms with Crippen LogP contribution in [-0.4, -0.2) is 11.1 Å². The van der Waals surface area contributed by atoms with Crippen molar-refractivity contribution in [3.05, 3.63) is 38.9 Å². The van der Waals surface area contributed by atoms with Crippen LogP contribution in [0, 0.1) is 6.92 Å². The van der Waals surface area contributed by atoms with Crippen molar-refractivity contribution in [2.24, 2.45) is 0 Å². The van der Waals surface area contributed by atoms with Crippen LogP contribution in [0.25, 0.3) is 0 Å². The zero-order valence-corrected chi connectivity index (χ0v) is 10.9. The van der Waals surface area contributed by atoms with Crippen LogP contribution in [0.3, 0.4) is 0 Å². The summed E-state index contributed by atoms with van der Waals surface area (Å²) in [7, 11) is 0. The van der Waals surface area contributed by atoms with Gasteiger partial charge < -0.3 is 9.84 Å². The Morgan fingerprint density at radius 1 is 1.59 bits per heavy atom. The van der Waals surface area contributed by atoms with Crippen molar-refractivity contribution in [3.63, 3.8) is 0 Å². The summed E-state index contributed by atoms with van der Waals surface area (Å²) in [4.78, 5) is 12.8. The number of thiophene rings is 1. The molecule has 0 aromatic carbocycles. The summed E-state index contributed by atoms with van der Waals surface area (Å²) in [6.45, 7) is 3.66. The Morgan fingerprint density at radius 3 is 2.88 bits per heavy atom. The van der Waals surface area contributed by atoms with E-state index in [1.165, 1.54) is 11.3 Å². The monoisotopic (exact) mass is 270 g/mol. The predicted octanol–water partition coefficient (Wildman–Crippen LogP) is 3.19. The molecule has 0 aliphatic heterocycles. The lowest BCUT2D eigenvalue weighted by Gasteiger charge is -2.09. The van der Waals surface area contributed by atoms with E-state index in [1.54, 1.807) is 13.0 Å². The number of aryl methyl sites for hydroxylation is 1. The second-order valence-electron chi connectivity index (χ2n) is 3.67. The highest BCUT2D eigenvalue weighted by Gasteiger charge is 2.16. The van der Waals surface area contributed by atoms with E-state index in [4.69, 9.17) is 16.1 Å². The molecule has 1 atom stereocenters. The fourth-order valence-electron chi connectivity index (χ4n) is 1.37. The standard InChI is InChI=1S/C11H11ClN2O2S/c1-6-5-8(16-14-6)11(15)13-7(2)9-3-4-10(12)17-9/h3-5,7H,1-2H3,(H,13,15)/t7-/m0/s1. The molecule has 4 nitrogen and oxygen atoms in total. The van der Waals surface area contributed by atoms with Crippen LogP contribution in [-0.2, 0) is 0 Å². The van der Waals surface area contributed by atoms with Crippen molar-refractivity contribution in [1.29, 1.82) is 0 Å². The van der Waals surface area contributed by atoms with Crippen LogP contribution < -0.4 is 5.32 Å². The summed E-state index contributed by atoms with van der Waals surface area (Å²) in [6, 6.07) is 5.20. The molecule has 2 aromatic heterocycles. The number of carbonyl (C=O) groups is 1. The third-order valence-corrected chi connectivity index (χ3v) is 3.63. The lowest BCUT2D eigenvalue weighted by atomic mass is 10.2. The SMILES string of the molecule is Cc1cc(C(=O)N[C@@H](C)c2ccc(Cl)s2)on1. The van der Waals surface area contributed by atoms with Crippen LogP contribution in [0.1, 0.15) is 34.1 Å². The first-order valence-corrected chi connectivity index (χ1v) is 6.25. The molecule has 0 unspecified atom stereocenters. The smallest absolute Gasteiger partial charge is 0.290 e. The van der Waals surface area contributed by atoms with E-state index in [1.807, 2.05) is 19.1 Å². The molecule has 0 aliphatic rings. The molecule has 0 bridgehead atoms. The molecule has 0 fully saturated rings. The Balaban J connectivity index is 2.04. The molecule has 2 aromatic rings. The Labute approximate surface area is 108 Å². The van der Waals surface area contributed by atoms with E-state index in [0.717, 1.165) is 4.88 Å². The van der Waals surface area contributed by atoms with Gasteiger partial charge in [-0.05, 0) is 26.0 Å². The van der Waals surface area contributed by atoms with E-state index in [-0.39, 0.29) is 17.7 Å². The van der Waals surface area contributed by atoms with Crippen molar-refractivity contribution < 1.29 is 9.32 Å². The van der Waals surface area contributed by atoms with Crippen molar-refractivity contribution in [2.75, 3.05) is 0 Å². The van der Waals surface area contributed by atoms with E-state index in [9.17, 15) is 4.79 Å². The Hall–Kier alpha value is -1.33. The largest absolute Gasteiger partial charge is 0.351 e. The van der Waals surface area contributed by atoms with Crippen LogP contribution in [0.2, 0.25) is 4.34 Å². The van der Waals surface area contributed by atoms with Gasteiger partial charge in [-0.2, -0.15) is 0 Å². The summed E-state index contributed by atoms with van der Waals surface area (Å²) in [6.07, 6.45) is 0. The lowest BCUT2D eigenvalue weighted by Crippen LogP contribution is -2.25. The van der Waals surface area contributed by atoms with Gasteiger partial charge in [0.05, 0.1) is 16.1 Å². The molecular weight excluding hydrogens is 260 g/mol. The lowest BCUT2D eigenvalue weighted by molar-refractivity contribution is 0.0903. The topological polar surface area (TPSA) is 55.1 Å². The van der Waals surface area contributed by atoms with Gasteiger partial charge in [0.1, 0.15) is 0 Å². The maximum Gasteiger partial charge on any atom is 0.290 e. The van der Waals surface area contributed by atoms with Crippen molar-refractivity contribution in [3.8, 4) is 0 Å². The normalized spacial score (nSPS) is 12.4. The zero-order chi connectivity index (χ0) is 12.4. The summed E-state index contributed by atoms with van der Waals surface area (Å²) in [5.41, 5.74) is 0.682. The van der Waals surface area contributed by atoms with Gasteiger partial charge in [0.25, 0.3) is 5.91 Å². The summed E-state index contributed by atoms with van der Waals surface area (Å²) < 4.78 is 5.59. The van der Waals surface area contributed by atoms with Crippen molar-refractivity contribution in [2.45, 2.75) is 19.9 Å². The highest BCUT2D eigenvalue weighted by Crippen LogP contribution is 2.26. The number of hydrogen-bond acceptors (Lipinski definition) is 4. The van der Waals surface area contributed by atoms with Gasteiger partial charge in [0.15, 0.2) is 0 Å². The molecule has 0 saturated carbocycles. The van der Waals surface area contributed by atoms with Crippen LogP contribution in [0.4, 0.5) is 0 Å². The third kappa shape index (κ3) is 2.87. The van der Waals surface area contributed by atoms with Gasteiger partial charge in [0.2, 0.25) is 5.76 Å². The average Bonchev–Trinajstić information content (AvgIpc) is 2.87. The van der Waals surface area contributed by atoms with Gasteiger partial charge in [-0.3, -0.25) is 4.79 Å². The molecule has 6 heteroatoms. The molecule has 1 amide bonds. The molecule has 0 radical (unpaired) electrons. The summed E-state index contributed by atoms with van der Waals surface area (Å²) >= 11 is 7.28. The molecular formula is C11H11ClN2O2S. The number of hydrogen-bond donors (Lipinski definition) is 1. The number of rotatable bonds is 3. The number of nitrogens with zero attached hydrogens (tertiary/aromatic N) is 1. The predicted molar refractivity (Wildman–Crippen MR) is 66.5 cm³/mol. The fraction of sp³-hybridized carbons (Fsp3) is 0.273. The van der Waals surface area contributed by atoms with Gasteiger partial charge in [0, 0.05) is 10.9 Å². The number of aromatic nitrogens is 1. The second kappa shape index (κ2) is 4.89. The zero-order valence-electron chi connectivity index (χ0n) is 9.36. The number of carbonyl (C=O) groups excluding carboxylic acids is 1. The Morgan fingerprint density at radius 2 is 2.35 bits per heavy atom. The van der Waals surface area contributed by atoms with Gasteiger partial charge in [-0.15, -0.1) is 11.3 Å². The maximum absolute atomic E-state index is 11.8. The first-order valence-electron chi connectivity index (χ1n) is 5.05. The average molecular weight is 271 g/mol. The minimum Gasteiger partial charge on any atom is -0.351 e. The first kappa shape index (κ1) is 12.1. The number of nitrogens with one attached hydrogen (secondary N) is 1. The minimum atomic E-state index is -0.275. The van der Waals surface area contributed by atoms with Gasteiger partial charge >= 0.3 is 0 Å². The Kier molecular flexibility index (Phi) is 3.49. The fourth-order valence-corrected chi connectivity index (χ4v) is 2.43. The van der Waals surface area contributed by atoms with Crippen LogP contribution in [0.15, 0.2) is 22.7 Å². The third-order valence-electron chi connectivity index (χ3n) is 2.22. The second-order valence-corrected chi connectivity index (χ2v) is 5.42. The minimum absolute atomic E-state index is 0.106. The van der Waals surface area contributed by atoms with E-state index in [0.29, 0.717) is 10.0 Å². The van der Waals surface area contributed by atoms with Crippen LogP contribution >= 0.6 is 22.9 Å². The quantitative estimate of drug-likeness (QED) is 0.932. The summed E-state index contributed by atoms with van der Waals surface area (Å²) in [5, 5.41) is 6.49. The van der Waals surface area contributed by atoms with Gasteiger partial charge in [-0.25, -0.2) is 0 Å². The molecule has 2 rings (SSSR count). The highest BCUT2D eigenvalue weighted by atomic mass is 35.5. The molecule has 2 heterocycles. The highest BCUT2D eigenvalue weighted by molar-refractivity contribution is 7.16. The van der Waals surface area contributed by atoms with E-state index < -0.39 is 0 Å². The Bertz CT molecular complexity index is 535. The van der Waals surface area contributed by atoms with Crippen molar-refractivity contribution in [1.82, 2.24) is 10.5 Å². The first-order chi connectivity index (χ1) is 8.06. The number of amides is 1. The number of halogens is 1. The van der Waals surface area contributed by atoms with E-state index in [2.05, 4.69) is 10.5 Å². The van der Waals surface area contributed by atoms with Crippen molar-refractivity contribution >= 4 is 28.8 Å². The van der Waals surface area contributed by atoms with Gasteiger partial charge in [-0.1, -0.05) is 16.8 Å². The molecule has 0 spiro atoms. The molecule has 1 N–H and O–H groups in total. The molecule has 0 saturated heterocycles. The molecule has 17 heavy (non-hydrogen) atoms. The van der Waals surface area contributed by atoms with E-state index >= 15 is 0 Å². The molecule has 90 valence electrons. The summed E-state index contributed by atoms with van der Waals surface area (Å²) in [5.74, 6) is -0.0559. The molecule has 0 aliphatic carbocycles.